The molecule has 0 aromatic carbocycles. The van der Waals surface area contributed by atoms with Gasteiger partial charge in [0.2, 0.25) is 0 Å². The summed E-state index contributed by atoms with van der Waals surface area (Å²) in [7, 11) is 0. The van der Waals surface area contributed by atoms with Crippen LogP contribution >= 0.6 is 11.3 Å². The monoisotopic (exact) mass is 183 g/mol. The lowest BCUT2D eigenvalue weighted by Crippen LogP contribution is -2.04. The van der Waals surface area contributed by atoms with Crippen LogP contribution in [0.3, 0.4) is 0 Å². The number of nitrogen functional groups attached to an aromatic ring is 1. The van der Waals surface area contributed by atoms with Crippen molar-refractivity contribution in [2.75, 3.05) is 5.43 Å². The van der Waals surface area contributed by atoms with Crippen molar-refractivity contribution in [3.8, 4) is 0 Å². The molecule has 4 heteroatoms. The minimum Gasteiger partial charge on any atom is -0.314 e. The van der Waals surface area contributed by atoms with E-state index in [4.69, 9.17) is 5.84 Å². The molecule has 1 atom stereocenters. The van der Waals surface area contributed by atoms with Crippen LogP contribution in [0.4, 0.5) is 5.00 Å². The Balaban J connectivity index is 2.79. The number of aromatic nitrogens is 1. The summed E-state index contributed by atoms with van der Waals surface area (Å²) in [5.74, 6) is 5.60. The summed E-state index contributed by atoms with van der Waals surface area (Å²) in [6, 6.07) is 0. The fraction of sp³-hybridized carbons (Fsp3) is 0.375. The van der Waals surface area contributed by atoms with E-state index >= 15 is 0 Å². The number of hydrogen-bond donors (Lipinski definition) is 2. The molecule has 1 aromatic heterocycles. The van der Waals surface area contributed by atoms with Crippen molar-refractivity contribution < 1.29 is 0 Å². The second-order valence-corrected chi connectivity index (χ2v) is 3.52. The van der Waals surface area contributed by atoms with Crippen LogP contribution in [0.5, 0.6) is 0 Å². The highest BCUT2D eigenvalue weighted by atomic mass is 32.1. The van der Waals surface area contributed by atoms with Gasteiger partial charge in [0.05, 0.1) is 6.20 Å². The summed E-state index contributed by atoms with van der Waals surface area (Å²) in [5, 5.41) is 1.96. The third-order valence-electron chi connectivity index (χ3n) is 1.71. The second-order valence-electron chi connectivity index (χ2n) is 2.46. The van der Waals surface area contributed by atoms with Crippen LogP contribution in [0, 0.1) is 0 Å². The van der Waals surface area contributed by atoms with E-state index in [-0.39, 0.29) is 0 Å². The van der Waals surface area contributed by atoms with Crippen molar-refractivity contribution in [3.05, 3.63) is 23.9 Å². The summed E-state index contributed by atoms with van der Waals surface area (Å²) in [6.45, 7) is 5.87. The Morgan fingerprint density at radius 1 is 1.92 bits per heavy atom. The first-order chi connectivity index (χ1) is 5.81. The predicted octanol–water partition coefficient (Wildman–Crippen LogP) is 2.11. The van der Waals surface area contributed by atoms with Crippen LogP contribution in [0.1, 0.15) is 24.3 Å². The van der Waals surface area contributed by atoms with E-state index in [0.717, 1.165) is 16.4 Å². The molecular weight excluding hydrogens is 170 g/mol. The van der Waals surface area contributed by atoms with Gasteiger partial charge in [-0.1, -0.05) is 24.3 Å². The summed E-state index contributed by atoms with van der Waals surface area (Å²) in [4.78, 5) is 4.23. The zero-order chi connectivity index (χ0) is 8.97. The van der Waals surface area contributed by atoms with E-state index < -0.39 is 0 Å². The molecule has 0 saturated carbocycles. The first-order valence-corrected chi connectivity index (χ1v) is 4.68. The topological polar surface area (TPSA) is 50.9 Å². The maximum atomic E-state index is 5.24. The number of nitrogens with zero attached hydrogens (tertiary/aromatic N) is 1. The molecule has 0 aliphatic rings. The van der Waals surface area contributed by atoms with Gasteiger partial charge in [0.25, 0.3) is 0 Å². The van der Waals surface area contributed by atoms with Crippen molar-refractivity contribution >= 4 is 16.3 Å². The average molecular weight is 183 g/mol. The number of thiazole rings is 1. The Morgan fingerprint density at radius 3 is 3.08 bits per heavy atom. The molecule has 1 rings (SSSR count). The quantitative estimate of drug-likeness (QED) is 0.427. The molecule has 3 N–H and O–H groups in total. The lowest BCUT2D eigenvalue weighted by atomic mass is 10.1. The van der Waals surface area contributed by atoms with Crippen LogP contribution in [0.2, 0.25) is 0 Å². The van der Waals surface area contributed by atoms with E-state index in [9.17, 15) is 0 Å². The number of allylic oxidation sites excluding steroid dienone is 1. The van der Waals surface area contributed by atoms with E-state index in [1.807, 2.05) is 6.08 Å². The number of hydrogen-bond acceptors (Lipinski definition) is 4. The molecule has 1 heterocycles. The van der Waals surface area contributed by atoms with Crippen molar-refractivity contribution in [1.29, 1.82) is 0 Å². The Morgan fingerprint density at radius 2 is 2.67 bits per heavy atom. The molecule has 12 heavy (non-hydrogen) atoms. The molecule has 0 fully saturated rings. The smallest absolute Gasteiger partial charge is 0.123 e. The third-order valence-corrected chi connectivity index (χ3v) is 2.77. The third kappa shape index (κ3) is 1.84. The van der Waals surface area contributed by atoms with Gasteiger partial charge < -0.3 is 5.43 Å². The number of rotatable bonds is 4. The van der Waals surface area contributed by atoms with Crippen LogP contribution in [-0.4, -0.2) is 4.98 Å². The summed E-state index contributed by atoms with van der Waals surface area (Å²) in [5.41, 5.74) is 2.57. The molecule has 0 amide bonds. The average Bonchev–Trinajstić information content (AvgIpc) is 2.55. The number of nitrogens with two attached hydrogens (primary N) is 1. The zero-order valence-electron chi connectivity index (χ0n) is 7.08. The molecule has 0 bridgehead atoms. The first kappa shape index (κ1) is 9.22. The van der Waals surface area contributed by atoms with Crippen molar-refractivity contribution in [2.45, 2.75) is 19.3 Å². The second kappa shape index (κ2) is 4.23. The minimum absolute atomic E-state index is 0.358. The van der Waals surface area contributed by atoms with Gasteiger partial charge in [-0.3, -0.25) is 0 Å². The molecule has 66 valence electrons. The Labute approximate surface area is 76.3 Å². The van der Waals surface area contributed by atoms with Crippen molar-refractivity contribution in [3.63, 3.8) is 0 Å². The van der Waals surface area contributed by atoms with Gasteiger partial charge in [-0.15, -0.1) is 6.58 Å². The van der Waals surface area contributed by atoms with Gasteiger partial charge >= 0.3 is 0 Å². The standard InChI is InChI=1S/C8H13N3S/c1-3-6(4-2)8-10-5-7(11-9)12-8/h3,5-6,11H,1,4,9H2,2H3. The summed E-state index contributed by atoms with van der Waals surface area (Å²) in [6.07, 6.45) is 4.69. The van der Waals surface area contributed by atoms with E-state index in [1.54, 1.807) is 17.5 Å². The first-order valence-electron chi connectivity index (χ1n) is 3.86. The molecular formula is C8H13N3S. The van der Waals surface area contributed by atoms with Crippen molar-refractivity contribution in [2.24, 2.45) is 5.84 Å². The normalized spacial score (nSPS) is 12.5. The van der Waals surface area contributed by atoms with Gasteiger partial charge in [0.1, 0.15) is 10.0 Å². The SMILES string of the molecule is C=CC(CC)c1ncc(NN)s1. The number of anilines is 1. The van der Waals surface area contributed by atoms with Gasteiger partial charge in [0, 0.05) is 5.92 Å². The van der Waals surface area contributed by atoms with E-state index in [1.165, 1.54) is 0 Å². The highest BCUT2D eigenvalue weighted by Crippen LogP contribution is 2.27. The molecule has 1 unspecified atom stereocenters. The van der Waals surface area contributed by atoms with Crippen LogP contribution in [-0.2, 0) is 0 Å². The highest BCUT2D eigenvalue weighted by Gasteiger charge is 2.08. The lowest BCUT2D eigenvalue weighted by molar-refractivity contribution is 0.798. The van der Waals surface area contributed by atoms with Crippen LogP contribution < -0.4 is 11.3 Å². The largest absolute Gasteiger partial charge is 0.314 e. The Bertz CT molecular complexity index is 257. The van der Waals surface area contributed by atoms with Crippen LogP contribution in [0.25, 0.3) is 0 Å². The van der Waals surface area contributed by atoms with E-state index in [0.29, 0.717) is 5.92 Å². The molecule has 0 saturated heterocycles. The fourth-order valence-corrected chi connectivity index (χ4v) is 1.88. The van der Waals surface area contributed by atoms with Gasteiger partial charge in [0.15, 0.2) is 0 Å². The Hall–Kier alpha value is -0.870. The number of nitrogens with one attached hydrogen (secondary N) is 1. The maximum Gasteiger partial charge on any atom is 0.123 e. The van der Waals surface area contributed by atoms with E-state index in [2.05, 4.69) is 23.9 Å². The summed E-state index contributed by atoms with van der Waals surface area (Å²) >= 11 is 1.57. The minimum atomic E-state index is 0.358. The maximum absolute atomic E-state index is 5.24. The molecule has 3 nitrogen and oxygen atoms in total. The summed E-state index contributed by atoms with van der Waals surface area (Å²) < 4.78 is 0. The molecule has 1 aromatic rings. The Kier molecular flexibility index (Phi) is 3.25. The van der Waals surface area contributed by atoms with Crippen LogP contribution in [0.15, 0.2) is 18.9 Å². The predicted molar refractivity (Wildman–Crippen MR) is 53.2 cm³/mol. The van der Waals surface area contributed by atoms with Gasteiger partial charge in [-0.2, -0.15) is 0 Å². The zero-order valence-corrected chi connectivity index (χ0v) is 7.90. The number of hydrazine groups is 1. The molecule has 0 aliphatic carbocycles. The van der Waals surface area contributed by atoms with Crippen molar-refractivity contribution in [1.82, 2.24) is 4.98 Å². The molecule has 0 aliphatic heterocycles. The highest BCUT2D eigenvalue weighted by molar-refractivity contribution is 7.15. The van der Waals surface area contributed by atoms with Gasteiger partial charge in [-0.25, -0.2) is 10.8 Å². The fourth-order valence-electron chi connectivity index (χ4n) is 0.968. The molecule has 0 radical (unpaired) electrons. The lowest BCUT2D eigenvalue weighted by Gasteiger charge is -2.03. The van der Waals surface area contributed by atoms with Gasteiger partial charge in [-0.05, 0) is 6.42 Å². The molecule has 0 spiro atoms.